The van der Waals surface area contributed by atoms with Gasteiger partial charge in [-0.1, -0.05) is 93.9 Å². The van der Waals surface area contributed by atoms with Gasteiger partial charge in [0.25, 0.3) is 0 Å². The van der Waals surface area contributed by atoms with Gasteiger partial charge in [0.2, 0.25) is 0 Å². The Morgan fingerprint density at radius 2 is 1.29 bits per heavy atom. The standard InChI is InChI=1S/C17H26/c1-3-5-7-9-11-13-15-17-16-14-12-10-8-6-4-2/h3,5,7,9,11,13,15-17H,1,4,6,8,10,12,14H2,2H3/b7-5+,11-9+,15-13+,17-16+. The molecular weight excluding hydrogens is 204 g/mol. The van der Waals surface area contributed by atoms with Crippen LogP contribution in [0.1, 0.15) is 45.4 Å². The highest BCUT2D eigenvalue weighted by molar-refractivity contribution is 5.17. The van der Waals surface area contributed by atoms with E-state index in [4.69, 9.17) is 0 Å². The molecule has 0 fully saturated rings. The fourth-order valence-corrected chi connectivity index (χ4v) is 1.44. The van der Waals surface area contributed by atoms with E-state index in [0.29, 0.717) is 0 Å². The molecule has 0 aromatic carbocycles. The van der Waals surface area contributed by atoms with E-state index in [1.807, 2.05) is 30.4 Å². The monoisotopic (exact) mass is 230 g/mol. The molecule has 0 saturated heterocycles. The van der Waals surface area contributed by atoms with Gasteiger partial charge in [-0.25, -0.2) is 0 Å². The van der Waals surface area contributed by atoms with E-state index < -0.39 is 0 Å². The van der Waals surface area contributed by atoms with Crippen LogP contribution in [-0.2, 0) is 0 Å². The van der Waals surface area contributed by atoms with Crippen molar-refractivity contribution in [1.82, 2.24) is 0 Å². The van der Waals surface area contributed by atoms with E-state index in [2.05, 4.69) is 31.7 Å². The summed E-state index contributed by atoms with van der Waals surface area (Å²) in [5, 5.41) is 0. The quantitative estimate of drug-likeness (QED) is 0.331. The summed E-state index contributed by atoms with van der Waals surface area (Å²) in [6, 6.07) is 0. The molecule has 0 aliphatic carbocycles. The van der Waals surface area contributed by atoms with E-state index in [9.17, 15) is 0 Å². The highest BCUT2D eigenvalue weighted by Crippen LogP contribution is 2.05. The number of rotatable bonds is 10. The van der Waals surface area contributed by atoms with Gasteiger partial charge in [0, 0.05) is 0 Å². The molecule has 0 saturated carbocycles. The first-order chi connectivity index (χ1) is 8.41. The SMILES string of the molecule is C=C/C=C/C=C/C=C/C=C/CCCCCCC. The van der Waals surface area contributed by atoms with E-state index in [1.54, 1.807) is 6.08 Å². The van der Waals surface area contributed by atoms with Crippen LogP contribution in [0.2, 0.25) is 0 Å². The fraction of sp³-hybridized carbons (Fsp3) is 0.412. The fourth-order valence-electron chi connectivity index (χ4n) is 1.44. The van der Waals surface area contributed by atoms with Crippen molar-refractivity contribution in [1.29, 1.82) is 0 Å². The van der Waals surface area contributed by atoms with Crippen LogP contribution in [0.15, 0.2) is 61.3 Å². The Morgan fingerprint density at radius 3 is 1.94 bits per heavy atom. The van der Waals surface area contributed by atoms with Gasteiger partial charge in [0.15, 0.2) is 0 Å². The highest BCUT2D eigenvalue weighted by Gasteiger charge is 1.85. The van der Waals surface area contributed by atoms with Crippen LogP contribution >= 0.6 is 0 Å². The molecule has 0 nitrogen and oxygen atoms in total. The Labute approximate surface area is 107 Å². The van der Waals surface area contributed by atoms with E-state index in [-0.39, 0.29) is 0 Å². The lowest BCUT2D eigenvalue weighted by atomic mass is 10.1. The van der Waals surface area contributed by atoms with Crippen molar-refractivity contribution in [3.8, 4) is 0 Å². The predicted octanol–water partition coefficient (Wildman–Crippen LogP) is 5.76. The summed E-state index contributed by atoms with van der Waals surface area (Å²) in [7, 11) is 0. The summed E-state index contributed by atoms with van der Waals surface area (Å²) in [6.07, 6.45) is 26.1. The van der Waals surface area contributed by atoms with E-state index >= 15 is 0 Å². The molecule has 0 bridgehead atoms. The predicted molar refractivity (Wildman–Crippen MR) is 80.1 cm³/mol. The Hall–Kier alpha value is -1.30. The summed E-state index contributed by atoms with van der Waals surface area (Å²) in [4.78, 5) is 0. The molecule has 0 rings (SSSR count). The summed E-state index contributed by atoms with van der Waals surface area (Å²) in [5.74, 6) is 0. The molecule has 0 N–H and O–H groups in total. The molecule has 0 amide bonds. The van der Waals surface area contributed by atoms with Crippen LogP contribution in [0, 0.1) is 0 Å². The van der Waals surface area contributed by atoms with Crippen LogP contribution in [0.3, 0.4) is 0 Å². The summed E-state index contributed by atoms with van der Waals surface area (Å²) in [5.41, 5.74) is 0. The van der Waals surface area contributed by atoms with E-state index in [0.717, 1.165) is 0 Å². The van der Waals surface area contributed by atoms with Crippen molar-refractivity contribution < 1.29 is 0 Å². The average molecular weight is 230 g/mol. The maximum absolute atomic E-state index is 3.61. The largest absolute Gasteiger partial charge is 0.0991 e. The molecule has 94 valence electrons. The van der Waals surface area contributed by atoms with Gasteiger partial charge in [0.1, 0.15) is 0 Å². The molecule has 0 heterocycles. The zero-order valence-corrected chi connectivity index (χ0v) is 11.1. The van der Waals surface area contributed by atoms with Crippen LogP contribution in [0.5, 0.6) is 0 Å². The van der Waals surface area contributed by atoms with E-state index in [1.165, 1.54) is 38.5 Å². The minimum atomic E-state index is 1.20. The molecule has 0 aromatic rings. The van der Waals surface area contributed by atoms with Crippen LogP contribution in [0.25, 0.3) is 0 Å². The van der Waals surface area contributed by atoms with Gasteiger partial charge >= 0.3 is 0 Å². The smallest absolute Gasteiger partial charge is 0.0348 e. The molecule has 0 aromatic heterocycles. The molecule has 17 heavy (non-hydrogen) atoms. The number of allylic oxidation sites excluding steroid dienone is 9. The van der Waals surface area contributed by atoms with Crippen LogP contribution in [0.4, 0.5) is 0 Å². The summed E-state index contributed by atoms with van der Waals surface area (Å²) >= 11 is 0. The molecule has 0 spiro atoms. The third kappa shape index (κ3) is 14.7. The second-order valence-corrected chi connectivity index (χ2v) is 4.02. The Morgan fingerprint density at radius 1 is 0.706 bits per heavy atom. The van der Waals surface area contributed by atoms with Crippen molar-refractivity contribution in [3.63, 3.8) is 0 Å². The zero-order chi connectivity index (χ0) is 12.6. The Bertz CT molecular complexity index is 264. The average Bonchev–Trinajstić information content (AvgIpc) is 2.35. The maximum atomic E-state index is 3.61. The highest BCUT2D eigenvalue weighted by atomic mass is 13.9. The molecule has 0 aliphatic heterocycles. The van der Waals surface area contributed by atoms with Crippen molar-refractivity contribution in [2.45, 2.75) is 45.4 Å². The molecule has 0 unspecified atom stereocenters. The first-order valence-corrected chi connectivity index (χ1v) is 6.69. The molecular formula is C17H26. The van der Waals surface area contributed by atoms with Gasteiger partial charge in [-0.3, -0.25) is 0 Å². The molecule has 0 aliphatic rings. The molecule has 0 atom stereocenters. The van der Waals surface area contributed by atoms with Crippen LogP contribution < -0.4 is 0 Å². The summed E-state index contributed by atoms with van der Waals surface area (Å²) in [6.45, 7) is 5.86. The van der Waals surface area contributed by atoms with Crippen molar-refractivity contribution >= 4 is 0 Å². The summed E-state index contributed by atoms with van der Waals surface area (Å²) < 4.78 is 0. The molecule has 0 heteroatoms. The minimum absolute atomic E-state index is 1.20. The van der Waals surface area contributed by atoms with Crippen molar-refractivity contribution in [2.24, 2.45) is 0 Å². The van der Waals surface area contributed by atoms with Gasteiger partial charge in [-0.05, 0) is 12.8 Å². The third-order valence-electron chi connectivity index (χ3n) is 2.41. The second-order valence-electron chi connectivity index (χ2n) is 4.02. The lowest BCUT2D eigenvalue weighted by Crippen LogP contribution is -1.75. The topological polar surface area (TPSA) is 0 Å². The van der Waals surface area contributed by atoms with Crippen LogP contribution in [-0.4, -0.2) is 0 Å². The Balaban J connectivity index is 3.40. The van der Waals surface area contributed by atoms with Gasteiger partial charge < -0.3 is 0 Å². The first kappa shape index (κ1) is 15.7. The lowest BCUT2D eigenvalue weighted by Gasteiger charge is -1.95. The third-order valence-corrected chi connectivity index (χ3v) is 2.41. The van der Waals surface area contributed by atoms with Gasteiger partial charge in [0.05, 0.1) is 0 Å². The first-order valence-electron chi connectivity index (χ1n) is 6.69. The Kier molecular flexibility index (Phi) is 13.6. The second kappa shape index (κ2) is 14.7. The normalized spacial score (nSPS) is 12.5. The number of hydrogen-bond donors (Lipinski definition) is 0. The van der Waals surface area contributed by atoms with Crippen molar-refractivity contribution in [3.05, 3.63) is 61.3 Å². The van der Waals surface area contributed by atoms with Gasteiger partial charge in [-0.2, -0.15) is 0 Å². The van der Waals surface area contributed by atoms with Gasteiger partial charge in [-0.15, -0.1) is 0 Å². The minimum Gasteiger partial charge on any atom is -0.0991 e. The number of unbranched alkanes of at least 4 members (excludes halogenated alkanes) is 5. The lowest BCUT2D eigenvalue weighted by molar-refractivity contribution is 0.637. The van der Waals surface area contributed by atoms with Crippen molar-refractivity contribution in [2.75, 3.05) is 0 Å². The molecule has 0 radical (unpaired) electrons. The maximum Gasteiger partial charge on any atom is -0.0348 e. The zero-order valence-electron chi connectivity index (χ0n) is 11.1. The number of hydrogen-bond acceptors (Lipinski definition) is 0.